The molecule has 3 aromatic rings. The molecule has 0 spiro atoms. The van der Waals surface area contributed by atoms with E-state index in [1.807, 2.05) is 31.3 Å². The molecule has 134 valence electrons. The monoisotopic (exact) mass is 354 g/mol. The van der Waals surface area contributed by atoms with Gasteiger partial charge in [0.2, 0.25) is 6.10 Å². The van der Waals surface area contributed by atoms with Crippen LogP contribution < -0.4 is 14.8 Å². The van der Waals surface area contributed by atoms with E-state index in [1.165, 1.54) is 12.1 Å². The summed E-state index contributed by atoms with van der Waals surface area (Å²) in [5.41, 5.74) is 1.78. The van der Waals surface area contributed by atoms with Gasteiger partial charge in [0.15, 0.2) is 11.5 Å². The summed E-state index contributed by atoms with van der Waals surface area (Å²) in [7, 11) is 0. The van der Waals surface area contributed by atoms with Crippen LogP contribution in [0.4, 0.5) is 4.39 Å². The van der Waals surface area contributed by atoms with E-state index >= 15 is 0 Å². The maximum absolute atomic E-state index is 13.2. The Bertz CT molecular complexity index is 953. The molecule has 0 saturated carbocycles. The molecule has 1 aliphatic heterocycles. The molecule has 0 fully saturated rings. The standard InChI is InChI=1S/C20H19FN2O3/c1-12-19(26-18-5-3-2-4-17(18)25-12)20(24)22-9-8-13-11-23-16-10-14(21)6-7-15(13)16/h2-7,10-12,19,23H,8-9H2,1H3,(H,22,24)/t12-,19-/m0/s1. The van der Waals surface area contributed by atoms with Crippen molar-refractivity contribution in [3.05, 3.63) is 60.0 Å². The van der Waals surface area contributed by atoms with Gasteiger partial charge in [-0.3, -0.25) is 4.79 Å². The third kappa shape index (κ3) is 3.10. The van der Waals surface area contributed by atoms with Gasteiger partial charge in [-0.1, -0.05) is 12.1 Å². The predicted molar refractivity (Wildman–Crippen MR) is 95.9 cm³/mol. The second-order valence-electron chi connectivity index (χ2n) is 6.35. The number of benzene rings is 2. The van der Waals surface area contributed by atoms with Crippen molar-refractivity contribution >= 4 is 16.8 Å². The summed E-state index contributed by atoms with van der Waals surface area (Å²) in [5.74, 6) is 0.736. The summed E-state index contributed by atoms with van der Waals surface area (Å²) in [6.45, 7) is 2.27. The highest BCUT2D eigenvalue weighted by Crippen LogP contribution is 2.33. The van der Waals surface area contributed by atoms with E-state index in [4.69, 9.17) is 9.47 Å². The molecule has 1 aliphatic rings. The molecular weight excluding hydrogens is 335 g/mol. The van der Waals surface area contributed by atoms with Gasteiger partial charge < -0.3 is 19.8 Å². The molecule has 2 atom stereocenters. The van der Waals surface area contributed by atoms with Gasteiger partial charge in [0.25, 0.3) is 5.91 Å². The third-order valence-corrected chi connectivity index (χ3v) is 4.52. The number of aromatic amines is 1. The number of amides is 1. The third-order valence-electron chi connectivity index (χ3n) is 4.52. The average Bonchev–Trinajstić information content (AvgIpc) is 3.03. The van der Waals surface area contributed by atoms with Crippen molar-refractivity contribution in [2.75, 3.05) is 6.54 Å². The minimum Gasteiger partial charge on any atom is -0.482 e. The van der Waals surface area contributed by atoms with Crippen LogP contribution in [0.5, 0.6) is 11.5 Å². The Labute approximate surface area is 150 Å². The normalized spacial score (nSPS) is 18.7. The van der Waals surface area contributed by atoms with Crippen molar-refractivity contribution < 1.29 is 18.7 Å². The molecular formula is C20H19FN2O3. The number of rotatable bonds is 4. The van der Waals surface area contributed by atoms with Crippen LogP contribution in [-0.2, 0) is 11.2 Å². The highest BCUT2D eigenvalue weighted by Gasteiger charge is 2.33. The molecule has 4 rings (SSSR count). The smallest absolute Gasteiger partial charge is 0.265 e. The highest BCUT2D eigenvalue weighted by molar-refractivity contribution is 5.84. The van der Waals surface area contributed by atoms with Crippen LogP contribution >= 0.6 is 0 Å². The molecule has 26 heavy (non-hydrogen) atoms. The first-order valence-corrected chi connectivity index (χ1v) is 8.57. The number of carbonyl (C=O) groups is 1. The van der Waals surface area contributed by atoms with Crippen LogP contribution in [0.25, 0.3) is 10.9 Å². The maximum Gasteiger partial charge on any atom is 0.265 e. The van der Waals surface area contributed by atoms with Gasteiger partial charge in [0.05, 0.1) is 0 Å². The Morgan fingerprint density at radius 1 is 1.19 bits per heavy atom. The van der Waals surface area contributed by atoms with E-state index in [0.717, 1.165) is 16.5 Å². The largest absolute Gasteiger partial charge is 0.482 e. The molecule has 2 heterocycles. The summed E-state index contributed by atoms with van der Waals surface area (Å²) < 4.78 is 24.8. The lowest BCUT2D eigenvalue weighted by Crippen LogP contribution is -2.49. The molecule has 0 bridgehead atoms. The molecule has 1 amide bonds. The van der Waals surface area contributed by atoms with Gasteiger partial charge >= 0.3 is 0 Å². The Kier molecular flexibility index (Phi) is 4.24. The Balaban J connectivity index is 1.38. The molecule has 0 radical (unpaired) electrons. The second kappa shape index (κ2) is 6.71. The molecule has 2 N–H and O–H groups in total. The average molecular weight is 354 g/mol. The Hall–Kier alpha value is -3.02. The zero-order valence-electron chi connectivity index (χ0n) is 14.3. The van der Waals surface area contributed by atoms with Crippen LogP contribution in [0.1, 0.15) is 12.5 Å². The van der Waals surface area contributed by atoms with E-state index in [1.54, 1.807) is 12.1 Å². The number of halogens is 1. The fourth-order valence-corrected chi connectivity index (χ4v) is 3.19. The van der Waals surface area contributed by atoms with Gasteiger partial charge in [-0.25, -0.2) is 4.39 Å². The second-order valence-corrected chi connectivity index (χ2v) is 6.35. The van der Waals surface area contributed by atoms with Gasteiger partial charge in [-0.2, -0.15) is 0 Å². The topological polar surface area (TPSA) is 63.4 Å². The molecule has 5 nitrogen and oxygen atoms in total. The first-order chi connectivity index (χ1) is 12.6. The SMILES string of the molecule is C[C@@H]1Oc2ccccc2O[C@@H]1C(=O)NCCc1c[nH]c2cc(F)ccc12. The molecule has 6 heteroatoms. The van der Waals surface area contributed by atoms with Crippen LogP contribution in [0.3, 0.4) is 0 Å². The van der Waals surface area contributed by atoms with Crippen molar-refractivity contribution in [1.29, 1.82) is 0 Å². The summed E-state index contributed by atoms with van der Waals surface area (Å²) >= 11 is 0. The van der Waals surface area contributed by atoms with Crippen LogP contribution in [0.2, 0.25) is 0 Å². The van der Waals surface area contributed by atoms with Crippen molar-refractivity contribution in [3.8, 4) is 11.5 Å². The van der Waals surface area contributed by atoms with E-state index in [9.17, 15) is 9.18 Å². The number of carbonyl (C=O) groups excluding carboxylic acids is 1. The van der Waals surface area contributed by atoms with Gasteiger partial charge in [0, 0.05) is 23.6 Å². The van der Waals surface area contributed by atoms with Gasteiger partial charge in [-0.05, 0) is 49.2 Å². The van der Waals surface area contributed by atoms with E-state index in [2.05, 4.69) is 10.3 Å². The number of fused-ring (bicyclic) bond motifs is 2. The Morgan fingerprint density at radius 2 is 1.96 bits per heavy atom. The molecule has 0 aliphatic carbocycles. The zero-order chi connectivity index (χ0) is 18.1. The van der Waals surface area contributed by atoms with E-state index in [0.29, 0.717) is 24.5 Å². The lowest BCUT2D eigenvalue weighted by atomic mass is 10.1. The van der Waals surface area contributed by atoms with Crippen LogP contribution in [0.15, 0.2) is 48.7 Å². The van der Waals surface area contributed by atoms with Gasteiger partial charge in [-0.15, -0.1) is 0 Å². The molecule has 0 unspecified atom stereocenters. The number of para-hydroxylation sites is 2. The Morgan fingerprint density at radius 3 is 2.77 bits per heavy atom. The first kappa shape index (κ1) is 16.4. The molecule has 0 saturated heterocycles. The fourth-order valence-electron chi connectivity index (χ4n) is 3.19. The van der Waals surface area contributed by atoms with Crippen molar-refractivity contribution in [3.63, 3.8) is 0 Å². The van der Waals surface area contributed by atoms with Crippen molar-refractivity contribution in [2.24, 2.45) is 0 Å². The lowest BCUT2D eigenvalue weighted by molar-refractivity contribution is -0.133. The van der Waals surface area contributed by atoms with Crippen molar-refractivity contribution in [2.45, 2.75) is 25.6 Å². The summed E-state index contributed by atoms with van der Waals surface area (Å²) in [4.78, 5) is 15.5. The number of H-pyrrole nitrogens is 1. The number of ether oxygens (including phenoxy) is 2. The molecule has 1 aromatic heterocycles. The highest BCUT2D eigenvalue weighted by atomic mass is 19.1. The fraction of sp³-hybridized carbons (Fsp3) is 0.250. The molecule has 2 aromatic carbocycles. The minimum absolute atomic E-state index is 0.210. The quantitative estimate of drug-likeness (QED) is 0.756. The minimum atomic E-state index is -0.693. The zero-order valence-corrected chi connectivity index (χ0v) is 14.3. The number of aromatic nitrogens is 1. The predicted octanol–water partition coefficient (Wildman–Crippen LogP) is 3.19. The van der Waals surface area contributed by atoms with Crippen LogP contribution in [-0.4, -0.2) is 29.6 Å². The number of nitrogens with one attached hydrogen (secondary N) is 2. The van der Waals surface area contributed by atoms with Crippen LogP contribution in [0, 0.1) is 5.82 Å². The van der Waals surface area contributed by atoms with Crippen molar-refractivity contribution in [1.82, 2.24) is 10.3 Å². The summed E-state index contributed by atoms with van der Waals surface area (Å²) in [5, 5.41) is 3.85. The number of hydrogen-bond acceptors (Lipinski definition) is 3. The first-order valence-electron chi connectivity index (χ1n) is 8.57. The van der Waals surface area contributed by atoms with E-state index in [-0.39, 0.29) is 17.8 Å². The van der Waals surface area contributed by atoms with E-state index < -0.39 is 6.10 Å². The summed E-state index contributed by atoms with van der Waals surface area (Å²) in [6.07, 6.45) is 1.41. The maximum atomic E-state index is 13.2. The lowest BCUT2D eigenvalue weighted by Gasteiger charge is -2.31. The van der Waals surface area contributed by atoms with Gasteiger partial charge in [0.1, 0.15) is 11.9 Å². The summed E-state index contributed by atoms with van der Waals surface area (Å²) in [6, 6.07) is 11.9. The number of hydrogen-bond donors (Lipinski definition) is 2.